The Morgan fingerprint density at radius 3 is 1.76 bits per heavy atom. The van der Waals surface area contributed by atoms with Crippen molar-refractivity contribution in [1.82, 2.24) is 0 Å². The second-order valence-corrected chi connectivity index (χ2v) is 4.98. The first-order valence-electron chi connectivity index (χ1n) is 7.20. The topological polar surface area (TPSA) is 60.4 Å². The van der Waals surface area contributed by atoms with Crippen molar-refractivity contribution in [2.45, 2.75) is 33.8 Å². The van der Waals surface area contributed by atoms with E-state index in [-0.39, 0.29) is 24.1 Å². The number of benzene rings is 1. The molecule has 0 fully saturated rings. The summed E-state index contributed by atoms with van der Waals surface area (Å²) in [4.78, 5) is 10.1. The number of aromatic carboxylic acids is 1. The van der Waals surface area contributed by atoms with E-state index < -0.39 is 5.97 Å². The zero-order chi connectivity index (χ0) is 15.6. The molecule has 122 valence electrons. The van der Waals surface area contributed by atoms with Crippen molar-refractivity contribution in [1.29, 1.82) is 0 Å². The molecule has 1 unspecified atom stereocenters. The lowest BCUT2D eigenvalue weighted by molar-refractivity contribution is -0.925. The molecule has 0 aromatic heterocycles. The molecule has 1 atom stereocenters. The average molecular weight is 317 g/mol. The molecule has 0 amide bonds. The van der Waals surface area contributed by atoms with Gasteiger partial charge in [-0.3, -0.25) is 0 Å². The molecule has 0 aliphatic carbocycles. The number of hydrogen-bond donors (Lipinski definition) is 1. The molecule has 0 spiro atoms. The van der Waals surface area contributed by atoms with Crippen molar-refractivity contribution >= 4 is 5.97 Å². The fourth-order valence-corrected chi connectivity index (χ4v) is 2.19. The van der Waals surface area contributed by atoms with Gasteiger partial charge in [0.15, 0.2) is 0 Å². The van der Waals surface area contributed by atoms with Gasteiger partial charge >= 0.3 is 0 Å². The number of carboxylic acids is 1. The van der Waals surface area contributed by atoms with Crippen molar-refractivity contribution in [3.63, 3.8) is 0 Å². The van der Waals surface area contributed by atoms with Crippen LogP contribution in [0.1, 0.15) is 38.1 Å². The number of carboxylic acid groups (broad SMARTS) is 1. The molecule has 1 rings (SSSR count). The molecule has 0 aliphatic rings. The first kappa shape index (κ1) is 22.2. The Kier molecular flexibility index (Phi) is 12.2. The lowest BCUT2D eigenvalue weighted by Crippen LogP contribution is -3.00. The Hall–Kier alpha value is -1.10. The zero-order valence-electron chi connectivity index (χ0n) is 13.4. The summed E-state index contributed by atoms with van der Waals surface area (Å²) >= 11 is 0. The Morgan fingerprint density at radius 1 is 1.14 bits per heavy atom. The minimum Gasteiger partial charge on any atom is -1.00 e. The van der Waals surface area contributed by atoms with Gasteiger partial charge in [-0.05, 0) is 33.3 Å². The SMILES string of the molecule is CC[N+](CC)(CC)CC(C)O.O=C([O-])c1ccccc1.[Cl-]. The number of aliphatic hydroxyl groups excluding tert-OH is 1. The Bertz CT molecular complexity index is 370. The molecule has 1 N–H and O–H groups in total. The predicted octanol–water partition coefficient (Wildman–Crippen LogP) is -1.70. The third-order valence-corrected chi connectivity index (χ3v) is 3.67. The van der Waals surface area contributed by atoms with E-state index in [0.29, 0.717) is 0 Å². The van der Waals surface area contributed by atoms with Crippen LogP contribution in [-0.2, 0) is 0 Å². The molecule has 0 saturated heterocycles. The van der Waals surface area contributed by atoms with Crippen LogP contribution in [0, 0.1) is 0 Å². The molecule has 5 heteroatoms. The number of aliphatic hydroxyl groups is 1. The number of hydrogen-bond acceptors (Lipinski definition) is 3. The lowest BCUT2D eigenvalue weighted by atomic mass is 10.2. The van der Waals surface area contributed by atoms with Gasteiger partial charge in [0.25, 0.3) is 0 Å². The maximum Gasteiger partial charge on any atom is 0.105 e. The number of rotatable bonds is 6. The van der Waals surface area contributed by atoms with Crippen LogP contribution in [0.3, 0.4) is 0 Å². The second kappa shape index (κ2) is 11.5. The van der Waals surface area contributed by atoms with Crippen molar-refractivity contribution in [3.05, 3.63) is 35.9 Å². The van der Waals surface area contributed by atoms with E-state index in [0.717, 1.165) is 30.7 Å². The van der Waals surface area contributed by atoms with Crippen LogP contribution >= 0.6 is 0 Å². The highest BCUT2D eigenvalue weighted by atomic mass is 35.5. The summed E-state index contributed by atoms with van der Waals surface area (Å²) in [6.45, 7) is 12.7. The van der Waals surface area contributed by atoms with Crippen LogP contribution in [0.5, 0.6) is 0 Å². The number of likely N-dealkylation sites (N-methyl/N-ethyl adjacent to an activating group) is 1. The van der Waals surface area contributed by atoms with Gasteiger partial charge in [0.1, 0.15) is 12.6 Å². The summed E-state index contributed by atoms with van der Waals surface area (Å²) in [5.74, 6) is -1.13. The monoisotopic (exact) mass is 316 g/mol. The van der Waals surface area contributed by atoms with E-state index in [1.807, 2.05) is 6.92 Å². The first-order valence-corrected chi connectivity index (χ1v) is 7.20. The van der Waals surface area contributed by atoms with Crippen molar-refractivity contribution in [2.75, 3.05) is 26.2 Å². The summed E-state index contributed by atoms with van der Waals surface area (Å²) < 4.78 is 1.04. The normalized spacial score (nSPS) is 11.7. The molecule has 0 aliphatic heterocycles. The van der Waals surface area contributed by atoms with E-state index in [4.69, 9.17) is 0 Å². The van der Waals surface area contributed by atoms with E-state index in [1.165, 1.54) is 12.1 Å². The van der Waals surface area contributed by atoms with Crippen molar-refractivity contribution < 1.29 is 31.9 Å². The maximum atomic E-state index is 10.1. The van der Waals surface area contributed by atoms with E-state index in [2.05, 4.69) is 20.8 Å². The van der Waals surface area contributed by atoms with E-state index in [9.17, 15) is 15.0 Å². The highest BCUT2D eigenvalue weighted by Crippen LogP contribution is 2.06. The lowest BCUT2D eigenvalue weighted by Gasteiger charge is -2.36. The molecule has 0 heterocycles. The molecule has 1 aromatic rings. The number of nitrogens with zero attached hydrogens (tertiary/aromatic N) is 1. The number of quaternary nitrogens is 1. The molecule has 21 heavy (non-hydrogen) atoms. The van der Waals surface area contributed by atoms with Gasteiger partial charge in [0, 0.05) is 0 Å². The summed E-state index contributed by atoms with van der Waals surface area (Å²) in [6, 6.07) is 8.06. The fourth-order valence-electron chi connectivity index (χ4n) is 2.19. The molecule has 0 bridgehead atoms. The second-order valence-electron chi connectivity index (χ2n) is 4.98. The van der Waals surface area contributed by atoms with Crippen LogP contribution in [-0.4, -0.2) is 47.8 Å². The van der Waals surface area contributed by atoms with Crippen LogP contribution < -0.4 is 17.5 Å². The summed E-state index contributed by atoms with van der Waals surface area (Å²) in [5.41, 5.74) is 0.220. The van der Waals surface area contributed by atoms with E-state index >= 15 is 0 Å². The summed E-state index contributed by atoms with van der Waals surface area (Å²) in [5, 5.41) is 19.4. The number of halogens is 1. The smallest absolute Gasteiger partial charge is 0.105 e. The summed E-state index contributed by atoms with van der Waals surface area (Å²) in [7, 11) is 0. The van der Waals surface area contributed by atoms with Gasteiger partial charge < -0.3 is 31.9 Å². The molecular formula is C16H27ClNO3-. The minimum absolute atomic E-state index is 0. The molecular weight excluding hydrogens is 290 g/mol. The Balaban J connectivity index is 0. The highest BCUT2D eigenvalue weighted by molar-refractivity contribution is 5.85. The predicted molar refractivity (Wildman–Crippen MR) is 79.2 cm³/mol. The largest absolute Gasteiger partial charge is 1.00 e. The molecule has 0 saturated carbocycles. The standard InChI is InChI=1S/C9H22NO.C7H6O2.ClH/c1-5-10(6-2,7-3)8-9(4)11;8-7(9)6-4-2-1-3-5-6;/h9,11H,5-8H2,1-4H3;1-5H,(H,8,9);1H/q+1;;/p-2. The molecule has 4 nitrogen and oxygen atoms in total. The third-order valence-electron chi connectivity index (χ3n) is 3.67. The van der Waals surface area contributed by atoms with Gasteiger partial charge in [0.2, 0.25) is 0 Å². The van der Waals surface area contributed by atoms with E-state index in [1.54, 1.807) is 18.2 Å². The van der Waals surface area contributed by atoms with Gasteiger partial charge in [-0.15, -0.1) is 0 Å². The number of carbonyl (C=O) groups excluding carboxylic acids is 1. The quantitative estimate of drug-likeness (QED) is 0.636. The van der Waals surface area contributed by atoms with Gasteiger partial charge in [-0.2, -0.15) is 0 Å². The Morgan fingerprint density at radius 2 is 1.57 bits per heavy atom. The van der Waals surface area contributed by atoms with Crippen LogP contribution in [0.25, 0.3) is 0 Å². The molecule has 1 aromatic carbocycles. The summed E-state index contributed by atoms with van der Waals surface area (Å²) in [6.07, 6.45) is -0.171. The Labute approximate surface area is 134 Å². The van der Waals surface area contributed by atoms with Gasteiger partial charge in [-0.25, -0.2) is 0 Å². The first-order chi connectivity index (χ1) is 9.40. The zero-order valence-corrected chi connectivity index (χ0v) is 14.1. The maximum absolute atomic E-state index is 10.1. The van der Waals surface area contributed by atoms with Gasteiger partial charge in [0.05, 0.1) is 25.6 Å². The van der Waals surface area contributed by atoms with Crippen LogP contribution in [0.4, 0.5) is 0 Å². The number of carbonyl (C=O) groups is 1. The van der Waals surface area contributed by atoms with Gasteiger partial charge in [-0.1, -0.05) is 30.3 Å². The molecule has 0 radical (unpaired) electrons. The van der Waals surface area contributed by atoms with Crippen molar-refractivity contribution in [3.8, 4) is 0 Å². The highest BCUT2D eigenvalue weighted by Gasteiger charge is 2.22. The fraction of sp³-hybridized carbons (Fsp3) is 0.562. The minimum atomic E-state index is -1.13. The van der Waals surface area contributed by atoms with Crippen LogP contribution in [0.15, 0.2) is 30.3 Å². The third kappa shape index (κ3) is 8.71. The average Bonchev–Trinajstić information content (AvgIpc) is 2.46. The van der Waals surface area contributed by atoms with Crippen molar-refractivity contribution in [2.24, 2.45) is 0 Å². The van der Waals surface area contributed by atoms with Crippen LogP contribution in [0.2, 0.25) is 0 Å².